The molecule has 1 fully saturated rings. The number of aromatic amines is 1. The number of nitrogens with zero attached hydrogens (tertiary/aromatic N) is 1. The Balaban J connectivity index is 2.20. The van der Waals surface area contributed by atoms with E-state index in [0.717, 1.165) is 24.3 Å². The van der Waals surface area contributed by atoms with Gasteiger partial charge in [0.1, 0.15) is 0 Å². The Morgan fingerprint density at radius 3 is 2.33 bits per heavy atom. The summed E-state index contributed by atoms with van der Waals surface area (Å²) in [6.07, 6.45) is 1.17. The second-order valence-corrected chi connectivity index (χ2v) is 5.99. The van der Waals surface area contributed by atoms with Gasteiger partial charge in [-0.15, -0.1) is 0 Å². The highest BCUT2D eigenvalue weighted by molar-refractivity contribution is 6.05. The quantitative estimate of drug-likeness (QED) is 0.831. The number of Topliss-reactive ketones (excluding diaryl/α,β-unsaturated/α-hetero) is 2. The first-order valence-electron chi connectivity index (χ1n) is 7.49. The molecule has 116 valence electrons. The molecule has 5 heteroatoms. The SMILES string of the molecule is CC(=O)c1c(C)[nH]c(C(=O)[C@H](C)N2CCC(O)CC2)c1C. The van der Waals surface area contributed by atoms with Crippen LogP contribution < -0.4 is 0 Å². The van der Waals surface area contributed by atoms with Crippen LogP contribution >= 0.6 is 0 Å². The number of H-pyrrole nitrogens is 1. The predicted molar refractivity (Wildman–Crippen MR) is 80.9 cm³/mol. The molecule has 1 saturated heterocycles. The first-order valence-corrected chi connectivity index (χ1v) is 7.49. The summed E-state index contributed by atoms with van der Waals surface area (Å²) in [7, 11) is 0. The Kier molecular flexibility index (Phi) is 4.64. The van der Waals surface area contributed by atoms with E-state index >= 15 is 0 Å². The summed E-state index contributed by atoms with van der Waals surface area (Å²) in [4.78, 5) is 29.5. The van der Waals surface area contributed by atoms with Crippen LogP contribution in [0.15, 0.2) is 0 Å². The van der Waals surface area contributed by atoms with Crippen molar-refractivity contribution in [2.24, 2.45) is 0 Å². The Morgan fingerprint density at radius 1 is 1.29 bits per heavy atom. The number of piperidine rings is 1. The van der Waals surface area contributed by atoms with Crippen molar-refractivity contribution in [3.05, 3.63) is 22.5 Å². The molecule has 1 atom stereocenters. The zero-order valence-corrected chi connectivity index (χ0v) is 13.2. The van der Waals surface area contributed by atoms with E-state index < -0.39 is 0 Å². The number of nitrogens with one attached hydrogen (secondary N) is 1. The number of likely N-dealkylation sites (tertiary alicyclic amines) is 1. The van der Waals surface area contributed by atoms with Gasteiger partial charge in [-0.2, -0.15) is 0 Å². The van der Waals surface area contributed by atoms with Gasteiger partial charge in [0, 0.05) is 24.3 Å². The van der Waals surface area contributed by atoms with Crippen molar-refractivity contribution in [3.63, 3.8) is 0 Å². The number of ketones is 2. The molecule has 0 bridgehead atoms. The van der Waals surface area contributed by atoms with Gasteiger partial charge in [-0.05, 0) is 46.1 Å². The van der Waals surface area contributed by atoms with Crippen molar-refractivity contribution in [2.75, 3.05) is 13.1 Å². The summed E-state index contributed by atoms with van der Waals surface area (Å²) in [5.74, 6) is -0.00598. The standard InChI is InChI=1S/C16H24N2O3/c1-9-14(12(4)19)10(2)17-15(9)16(21)11(3)18-7-5-13(20)6-8-18/h11,13,17,20H,5-8H2,1-4H3/t11-/m0/s1. The van der Waals surface area contributed by atoms with Crippen LogP contribution in [0.3, 0.4) is 0 Å². The highest BCUT2D eigenvalue weighted by Crippen LogP contribution is 2.22. The molecule has 1 aromatic heterocycles. The smallest absolute Gasteiger partial charge is 0.196 e. The second kappa shape index (κ2) is 6.12. The number of hydrogen-bond acceptors (Lipinski definition) is 4. The average molecular weight is 292 g/mol. The topological polar surface area (TPSA) is 73.4 Å². The van der Waals surface area contributed by atoms with Crippen LogP contribution in [0.25, 0.3) is 0 Å². The average Bonchev–Trinajstić information content (AvgIpc) is 2.73. The summed E-state index contributed by atoms with van der Waals surface area (Å²) in [6, 6.07) is -0.242. The van der Waals surface area contributed by atoms with Crippen LogP contribution in [0.4, 0.5) is 0 Å². The molecule has 2 heterocycles. The van der Waals surface area contributed by atoms with Gasteiger partial charge in [-0.25, -0.2) is 0 Å². The third kappa shape index (κ3) is 3.09. The van der Waals surface area contributed by atoms with Crippen LogP contribution in [-0.4, -0.2) is 51.8 Å². The normalized spacial score (nSPS) is 18.7. The van der Waals surface area contributed by atoms with Crippen LogP contribution in [-0.2, 0) is 0 Å². The minimum Gasteiger partial charge on any atom is -0.393 e. The highest BCUT2D eigenvalue weighted by atomic mass is 16.3. The molecule has 0 aromatic carbocycles. The number of aliphatic hydroxyl groups is 1. The lowest BCUT2D eigenvalue weighted by Crippen LogP contribution is -2.45. The fourth-order valence-corrected chi connectivity index (χ4v) is 3.17. The number of rotatable bonds is 4. The zero-order chi connectivity index (χ0) is 15.7. The number of aliphatic hydroxyl groups excluding tert-OH is 1. The molecule has 0 radical (unpaired) electrons. The molecule has 1 aliphatic heterocycles. The molecule has 2 rings (SSSR count). The van der Waals surface area contributed by atoms with Crippen LogP contribution in [0, 0.1) is 13.8 Å². The molecule has 1 aliphatic rings. The van der Waals surface area contributed by atoms with Crippen LogP contribution in [0.2, 0.25) is 0 Å². The van der Waals surface area contributed by atoms with Crippen molar-refractivity contribution >= 4 is 11.6 Å². The number of hydrogen-bond donors (Lipinski definition) is 2. The summed E-state index contributed by atoms with van der Waals surface area (Å²) in [5, 5.41) is 9.55. The lowest BCUT2D eigenvalue weighted by atomic mass is 10.00. The van der Waals surface area contributed by atoms with Gasteiger partial charge in [0.2, 0.25) is 0 Å². The van der Waals surface area contributed by atoms with Gasteiger partial charge < -0.3 is 10.1 Å². The molecule has 0 aliphatic carbocycles. The van der Waals surface area contributed by atoms with Crippen molar-refractivity contribution < 1.29 is 14.7 Å². The van der Waals surface area contributed by atoms with Crippen LogP contribution in [0.5, 0.6) is 0 Å². The van der Waals surface area contributed by atoms with E-state index in [1.54, 1.807) is 0 Å². The van der Waals surface area contributed by atoms with Crippen molar-refractivity contribution in [3.8, 4) is 0 Å². The lowest BCUT2D eigenvalue weighted by molar-refractivity contribution is 0.0546. The van der Waals surface area contributed by atoms with Crippen LogP contribution in [0.1, 0.15) is 58.8 Å². The lowest BCUT2D eigenvalue weighted by Gasteiger charge is -2.33. The van der Waals surface area contributed by atoms with E-state index in [1.165, 1.54) is 6.92 Å². The van der Waals surface area contributed by atoms with E-state index in [4.69, 9.17) is 0 Å². The molecule has 5 nitrogen and oxygen atoms in total. The van der Waals surface area contributed by atoms with Gasteiger partial charge in [0.15, 0.2) is 11.6 Å². The molecule has 0 amide bonds. The minimum atomic E-state index is -0.248. The Hall–Kier alpha value is -1.46. The molecule has 1 aromatic rings. The zero-order valence-electron chi connectivity index (χ0n) is 13.2. The van der Waals surface area contributed by atoms with E-state index in [2.05, 4.69) is 9.88 Å². The summed E-state index contributed by atoms with van der Waals surface area (Å²) in [5.41, 5.74) is 2.66. The first kappa shape index (κ1) is 15.9. The van der Waals surface area contributed by atoms with E-state index in [1.807, 2.05) is 20.8 Å². The van der Waals surface area contributed by atoms with Crippen molar-refractivity contribution in [2.45, 2.75) is 52.7 Å². The van der Waals surface area contributed by atoms with Gasteiger partial charge in [0.25, 0.3) is 0 Å². The molecule has 0 unspecified atom stereocenters. The largest absolute Gasteiger partial charge is 0.393 e. The van der Waals surface area contributed by atoms with E-state index in [0.29, 0.717) is 24.1 Å². The fraction of sp³-hybridized carbons (Fsp3) is 0.625. The molecule has 2 N–H and O–H groups in total. The van der Waals surface area contributed by atoms with Gasteiger partial charge >= 0.3 is 0 Å². The number of aryl methyl sites for hydroxylation is 1. The molecule has 0 saturated carbocycles. The Labute approximate surface area is 125 Å². The molecular weight excluding hydrogens is 268 g/mol. The van der Waals surface area contributed by atoms with Crippen molar-refractivity contribution in [1.29, 1.82) is 0 Å². The fourth-order valence-electron chi connectivity index (χ4n) is 3.17. The van der Waals surface area contributed by atoms with E-state index in [9.17, 15) is 14.7 Å². The summed E-state index contributed by atoms with van der Waals surface area (Å²) in [6.45, 7) is 8.51. The summed E-state index contributed by atoms with van der Waals surface area (Å²) >= 11 is 0. The maximum Gasteiger partial charge on any atom is 0.196 e. The van der Waals surface area contributed by atoms with Crippen molar-refractivity contribution in [1.82, 2.24) is 9.88 Å². The van der Waals surface area contributed by atoms with Gasteiger partial charge in [0.05, 0.1) is 17.8 Å². The summed E-state index contributed by atoms with van der Waals surface area (Å²) < 4.78 is 0. The Bertz CT molecular complexity index is 554. The monoisotopic (exact) mass is 292 g/mol. The minimum absolute atomic E-state index is 0.0134. The number of carbonyl (C=O) groups is 2. The third-order valence-electron chi connectivity index (χ3n) is 4.46. The van der Waals surface area contributed by atoms with E-state index in [-0.39, 0.29) is 23.7 Å². The first-order chi connectivity index (χ1) is 9.82. The maximum absolute atomic E-state index is 12.7. The Morgan fingerprint density at radius 2 is 1.86 bits per heavy atom. The molecule has 0 spiro atoms. The maximum atomic E-state index is 12.7. The number of aromatic nitrogens is 1. The third-order valence-corrected chi connectivity index (χ3v) is 4.46. The van der Waals surface area contributed by atoms with Gasteiger partial charge in [-0.1, -0.05) is 0 Å². The van der Waals surface area contributed by atoms with Gasteiger partial charge in [-0.3, -0.25) is 14.5 Å². The number of carbonyl (C=O) groups excluding carboxylic acids is 2. The molecular formula is C16H24N2O3. The molecule has 21 heavy (non-hydrogen) atoms. The highest BCUT2D eigenvalue weighted by Gasteiger charge is 2.29. The predicted octanol–water partition coefficient (Wildman–Crippen LogP) is 1.86. The second-order valence-electron chi connectivity index (χ2n) is 5.99.